The van der Waals surface area contributed by atoms with Crippen molar-refractivity contribution in [3.05, 3.63) is 23.8 Å². The summed E-state index contributed by atoms with van der Waals surface area (Å²) in [6, 6.07) is 0. The van der Waals surface area contributed by atoms with Crippen molar-refractivity contribution in [2.75, 3.05) is 6.61 Å². The Morgan fingerprint density at radius 3 is 2.50 bits per heavy atom. The standard InChI is InChI=1S/C11H18O3/c1-8(2)11(13)7-9(3)5-6-14-10(4)12/h5,11,13H,1,6-7H2,2-4H3. The van der Waals surface area contributed by atoms with Gasteiger partial charge in [0.2, 0.25) is 0 Å². The molecule has 3 nitrogen and oxygen atoms in total. The van der Waals surface area contributed by atoms with Crippen LogP contribution in [-0.2, 0) is 9.53 Å². The smallest absolute Gasteiger partial charge is 0.302 e. The Balaban J connectivity index is 3.88. The molecule has 1 unspecified atom stereocenters. The lowest BCUT2D eigenvalue weighted by atomic mass is 10.1. The molecular weight excluding hydrogens is 180 g/mol. The molecule has 0 fully saturated rings. The van der Waals surface area contributed by atoms with Gasteiger partial charge in [0.05, 0.1) is 6.10 Å². The van der Waals surface area contributed by atoms with Gasteiger partial charge in [-0.05, 0) is 26.3 Å². The zero-order valence-corrected chi connectivity index (χ0v) is 9.04. The summed E-state index contributed by atoms with van der Waals surface area (Å²) in [6.45, 7) is 8.96. The van der Waals surface area contributed by atoms with Gasteiger partial charge < -0.3 is 9.84 Å². The van der Waals surface area contributed by atoms with Gasteiger partial charge in [-0.25, -0.2) is 0 Å². The number of aliphatic hydroxyl groups excluding tert-OH is 1. The van der Waals surface area contributed by atoms with Gasteiger partial charge in [0.1, 0.15) is 6.61 Å². The van der Waals surface area contributed by atoms with Crippen LogP contribution in [0.1, 0.15) is 27.2 Å². The van der Waals surface area contributed by atoms with Crippen molar-refractivity contribution in [2.24, 2.45) is 0 Å². The molecule has 0 aliphatic carbocycles. The molecule has 0 spiro atoms. The molecule has 0 aromatic carbocycles. The Labute approximate surface area is 85.1 Å². The van der Waals surface area contributed by atoms with Crippen molar-refractivity contribution in [3.63, 3.8) is 0 Å². The first-order chi connectivity index (χ1) is 6.43. The van der Waals surface area contributed by atoms with Gasteiger partial charge in [-0.2, -0.15) is 0 Å². The minimum Gasteiger partial charge on any atom is -0.462 e. The predicted octanol–water partition coefficient (Wildman–Crippen LogP) is 1.82. The van der Waals surface area contributed by atoms with E-state index in [2.05, 4.69) is 6.58 Å². The third-order valence-electron chi connectivity index (χ3n) is 1.80. The predicted molar refractivity (Wildman–Crippen MR) is 55.8 cm³/mol. The third kappa shape index (κ3) is 6.43. The van der Waals surface area contributed by atoms with Crippen LogP contribution in [0.5, 0.6) is 0 Å². The summed E-state index contributed by atoms with van der Waals surface area (Å²) >= 11 is 0. The van der Waals surface area contributed by atoms with Gasteiger partial charge in [-0.15, -0.1) is 0 Å². The Morgan fingerprint density at radius 2 is 2.07 bits per heavy atom. The maximum absolute atomic E-state index is 10.4. The van der Waals surface area contributed by atoms with Crippen molar-refractivity contribution < 1.29 is 14.6 Å². The van der Waals surface area contributed by atoms with E-state index in [1.807, 2.05) is 6.92 Å². The molecule has 0 bridgehead atoms. The highest BCUT2D eigenvalue weighted by molar-refractivity contribution is 5.66. The fourth-order valence-electron chi connectivity index (χ4n) is 0.864. The molecule has 0 rings (SSSR count). The van der Waals surface area contributed by atoms with Gasteiger partial charge in [-0.3, -0.25) is 4.79 Å². The molecule has 80 valence electrons. The number of esters is 1. The monoisotopic (exact) mass is 198 g/mol. The van der Waals surface area contributed by atoms with E-state index in [-0.39, 0.29) is 12.6 Å². The summed E-state index contributed by atoms with van der Waals surface area (Å²) in [6.07, 6.45) is 1.81. The van der Waals surface area contributed by atoms with Crippen LogP contribution in [0.4, 0.5) is 0 Å². The molecule has 0 aliphatic rings. The van der Waals surface area contributed by atoms with Crippen molar-refractivity contribution in [1.82, 2.24) is 0 Å². The van der Waals surface area contributed by atoms with Crippen LogP contribution >= 0.6 is 0 Å². The van der Waals surface area contributed by atoms with E-state index in [4.69, 9.17) is 4.74 Å². The van der Waals surface area contributed by atoms with Crippen LogP contribution < -0.4 is 0 Å². The lowest BCUT2D eigenvalue weighted by Gasteiger charge is -2.10. The maximum atomic E-state index is 10.4. The number of aliphatic hydroxyl groups is 1. The fraction of sp³-hybridized carbons (Fsp3) is 0.545. The number of carbonyl (C=O) groups is 1. The Morgan fingerprint density at radius 1 is 1.50 bits per heavy atom. The second-order valence-corrected chi connectivity index (χ2v) is 3.42. The number of carbonyl (C=O) groups excluding carboxylic acids is 1. The van der Waals surface area contributed by atoms with Crippen LogP contribution in [0, 0.1) is 0 Å². The Bertz CT molecular complexity index is 241. The minimum absolute atomic E-state index is 0.268. The van der Waals surface area contributed by atoms with Crippen molar-refractivity contribution in [1.29, 1.82) is 0 Å². The van der Waals surface area contributed by atoms with E-state index in [1.165, 1.54) is 6.92 Å². The summed E-state index contributed by atoms with van der Waals surface area (Å²) < 4.78 is 4.74. The van der Waals surface area contributed by atoms with E-state index in [0.717, 1.165) is 11.1 Å². The molecule has 0 aromatic rings. The molecule has 0 saturated carbocycles. The van der Waals surface area contributed by atoms with Gasteiger partial charge >= 0.3 is 5.97 Å². The first-order valence-electron chi connectivity index (χ1n) is 4.56. The summed E-state index contributed by atoms with van der Waals surface area (Å²) in [5, 5.41) is 9.46. The molecular formula is C11H18O3. The number of rotatable bonds is 5. The Hall–Kier alpha value is -1.09. The van der Waals surface area contributed by atoms with E-state index in [0.29, 0.717) is 6.42 Å². The fourth-order valence-corrected chi connectivity index (χ4v) is 0.864. The molecule has 1 atom stereocenters. The zero-order valence-electron chi connectivity index (χ0n) is 9.04. The summed E-state index contributed by atoms with van der Waals surface area (Å²) in [4.78, 5) is 10.4. The number of ether oxygens (including phenoxy) is 1. The van der Waals surface area contributed by atoms with Gasteiger partial charge in [0.15, 0.2) is 0 Å². The molecule has 1 N–H and O–H groups in total. The molecule has 0 radical (unpaired) electrons. The number of hydrogen-bond donors (Lipinski definition) is 1. The van der Waals surface area contributed by atoms with E-state index in [1.54, 1.807) is 13.0 Å². The zero-order chi connectivity index (χ0) is 11.1. The highest BCUT2D eigenvalue weighted by Gasteiger charge is 2.04. The van der Waals surface area contributed by atoms with Gasteiger partial charge in [0.25, 0.3) is 0 Å². The SMILES string of the molecule is C=C(C)C(O)CC(C)=CCOC(C)=O. The van der Waals surface area contributed by atoms with Gasteiger partial charge in [-0.1, -0.05) is 17.7 Å². The van der Waals surface area contributed by atoms with Crippen LogP contribution in [0.15, 0.2) is 23.8 Å². The average molecular weight is 198 g/mol. The minimum atomic E-state index is -0.511. The van der Waals surface area contributed by atoms with E-state index < -0.39 is 6.10 Å². The topological polar surface area (TPSA) is 46.5 Å². The van der Waals surface area contributed by atoms with Crippen molar-refractivity contribution >= 4 is 5.97 Å². The summed E-state index contributed by atoms with van der Waals surface area (Å²) in [5.41, 5.74) is 1.73. The largest absolute Gasteiger partial charge is 0.462 e. The van der Waals surface area contributed by atoms with Gasteiger partial charge in [0, 0.05) is 6.92 Å². The lowest BCUT2D eigenvalue weighted by molar-refractivity contribution is -0.139. The molecule has 0 aliphatic heterocycles. The van der Waals surface area contributed by atoms with E-state index >= 15 is 0 Å². The first kappa shape index (κ1) is 12.9. The molecule has 0 heterocycles. The molecule has 3 heteroatoms. The quantitative estimate of drug-likeness (QED) is 0.541. The van der Waals surface area contributed by atoms with Crippen LogP contribution in [-0.4, -0.2) is 23.8 Å². The summed E-state index contributed by atoms with van der Waals surface area (Å²) in [7, 11) is 0. The normalized spacial score (nSPS) is 13.6. The molecule has 0 saturated heterocycles. The van der Waals surface area contributed by atoms with Crippen LogP contribution in [0.3, 0.4) is 0 Å². The number of hydrogen-bond acceptors (Lipinski definition) is 3. The molecule has 0 aromatic heterocycles. The third-order valence-corrected chi connectivity index (χ3v) is 1.80. The summed E-state index contributed by atoms with van der Waals surface area (Å²) in [5.74, 6) is -0.297. The second kappa shape index (κ2) is 6.38. The molecule has 0 amide bonds. The highest BCUT2D eigenvalue weighted by atomic mass is 16.5. The first-order valence-corrected chi connectivity index (χ1v) is 4.56. The van der Waals surface area contributed by atoms with E-state index in [9.17, 15) is 9.90 Å². The average Bonchev–Trinajstić information content (AvgIpc) is 2.02. The van der Waals surface area contributed by atoms with Crippen LogP contribution in [0.25, 0.3) is 0 Å². The lowest BCUT2D eigenvalue weighted by Crippen LogP contribution is -2.08. The highest BCUT2D eigenvalue weighted by Crippen LogP contribution is 2.10. The molecule has 14 heavy (non-hydrogen) atoms. The van der Waals surface area contributed by atoms with Crippen molar-refractivity contribution in [2.45, 2.75) is 33.3 Å². The maximum Gasteiger partial charge on any atom is 0.302 e. The Kier molecular flexibility index (Phi) is 5.88. The second-order valence-electron chi connectivity index (χ2n) is 3.42. The van der Waals surface area contributed by atoms with Crippen molar-refractivity contribution in [3.8, 4) is 0 Å². The van der Waals surface area contributed by atoms with Crippen LogP contribution in [0.2, 0.25) is 0 Å².